The summed E-state index contributed by atoms with van der Waals surface area (Å²) < 4.78 is 0. The summed E-state index contributed by atoms with van der Waals surface area (Å²) in [6.07, 6.45) is 0.694. The second-order valence-corrected chi connectivity index (χ2v) is 4.75. The van der Waals surface area contributed by atoms with E-state index in [-0.39, 0.29) is 24.0 Å². The molecule has 4 N–H and O–H groups in total. The van der Waals surface area contributed by atoms with Gasteiger partial charge in [0, 0.05) is 11.6 Å². The molecular weight excluding hydrogens is 298 g/mol. The molecule has 0 saturated heterocycles. The van der Waals surface area contributed by atoms with E-state index >= 15 is 0 Å². The van der Waals surface area contributed by atoms with E-state index < -0.39 is 5.97 Å². The van der Waals surface area contributed by atoms with E-state index in [1.54, 1.807) is 43.4 Å². The number of carbonyl (C=O) groups is 2. The van der Waals surface area contributed by atoms with Crippen LogP contribution in [0.5, 0.6) is 11.5 Å². The maximum Gasteiger partial charge on any atom is 0.305 e. The summed E-state index contributed by atoms with van der Waals surface area (Å²) in [5.74, 6) is -0.597. The summed E-state index contributed by atoms with van der Waals surface area (Å²) in [6, 6.07) is 12.5. The number of carbonyl (C=O) groups excluding carboxylic acids is 1. The predicted octanol–water partition coefficient (Wildman–Crippen LogP) is 2.33. The van der Waals surface area contributed by atoms with Crippen molar-refractivity contribution in [2.24, 2.45) is 0 Å². The molecule has 2 aromatic rings. The molecule has 6 nitrogen and oxygen atoms in total. The van der Waals surface area contributed by atoms with Gasteiger partial charge < -0.3 is 20.6 Å². The van der Waals surface area contributed by atoms with Crippen molar-refractivity contribution in [1.29, 1.82) is 0 Å². The van der Waals surface area contributed by atoms with Crippen LogP contribution in [0.4, 0.5) is 0 Å². The standard InChI is InChI=1S/C10H13NO3.C7H6O2/c1-11-9(6-10(13)14)7-3-2-4-8(12)5-7;8-5-6-2-1-3-7(9)4-6/h2-5,9,11-12H,6H2,1H3,(H,13,14);1-5,9H. The van der Waals surface area contributed by atoms with Gasteiger partial charge in [0.15, 0.2) is 0 Å². The van der Waals surface area contributed by atoms with Crippen molar-refractivity contribution in [3.8, 4) is 11.5 Å². The van der Waals surface area contributed by atoms with Crippen LogP contribution in [0.2, 0.25) is 0 Å². The van der Waals surface area contributed by atoms with Crippen LogP contribution in [0.15, 0.2) is 48.5 Å². The molecule has 0 saturated carbocycles. The Balaban J connectivity index is 0.000000253. The molecule has 2 aromatic carbocycles. The third-order valence-electron chi connectivity index (χ3n) is 3.01. The van der Waals surface area contributed by atoms with E-state index in [2.05, 4.69) is 5.32 Å². The highest BCUT2D eigenvalue weighted by atomic mass is 16.4. The van der Waals surface area contributed by atoms with Gasteiger partial charge in [-0.25, -0.2) is 0 Å². The highest BCUT2D eigenvalue weighted by molar-refractivity contribution is 5.75. The Morgan fingerprint density at radius 3 is 2.17 bits per heavy atom. The number of aldehydes is 1. The van der Waals surface area contributed by atoms with Gasteiger partial charge in [-0.3, -0.25) is 9.59 Å². The number of aromatic hydroxyl groups is 2. The average Bonchev–Trinajstić information content (AvgIpc) is 2.53. The molecule has 1 atom stereocenters. The van der Waals surface area contributed by atoms with Gasteiger partial charge in [0.1, 0.15) is 17.8 Å². The van der Waals surface area contributed by atoms with Gasteiger partial charge in [0.2, 0.25) is 0 Å². The van der Waals surface area contributed by atoms with Gasteiger partial charge in [0.25, 0.3) is 0 Å². The van der Waals surface area contributed by atoms with Crippen molar-refractivity contribution in [2.45, 2.75) is 12.5 Å². The quantitative estimate of drug-likeness (QED) is 0.631. The Hall–Kier alpha value is -2.86. The Kier molecular flexibility index (Phi) is 7.29. The normalized spacial score (nSPS) is 11.0. The first-order chi connectivity index (χ1) is 11.0. The number of phenols is 2. The molecule has 0 aliphatic heterocycles. The van der Waals surface area contributed by atoms with Crippen molar-refractivity contribution in [3.05, 3.63) is 59.7 Å². The minimum atomic E-state index is -0.868. The van der Waals surface area contributed by atoms with Crippen LogP contribution in [-0.4, -0.2) is 34.6 Å². The fourth-order valence-corrected chi connectivity index (χ4v) is 1.90. The van der Waals surface area contributed by atoms with Crippen LogP contribution in [0, 0.1) is 0 Å². The van der Waals surface area contributed by atoms with Crippen molar-refractivity contribution in [1.82, 2.24) is 5.32 Å². The zero-order valence-electron chi connectivity index (χ0n) is 12.6. The monoisotopic (exact) mass is 317 g/mol. The molecule has 0 spiro atoms. The van der Waals surface area contributed by atoms with Crippen LogP contribution in [0.3, 0.4) is 0 Å². The zero-order chi connectivity index (χ0) is 17.2. The largest absolute Gasteiger partial charge is 0.508 e. The minimum absolute atomic E-state index is 0.0000463. The van der Waals surface area contributed by atoms with Crippen molar-refractivity contribution in [3.63, 3.8) is 0 Å². The molecule has 0 aliphatic rings. The van der Waals surface area contributed by atoms with Gasteiger partial charge in [-0.15, -0.1) is 0 Å². The lowest BCUT2D eigenvalue weighted by Crippen LogP contribution is -2.19. The summed E-state index contributed by atoms with van der Waals surface area (Å²) in [6.45, 7) is 0. The van der Waals surface area contributed by atoms with Crippen molar-refractivity contribution >= 4 is 12.3 Å². The molecule has 6 heteroatoms. The lowest BCUT2D eigenvalue weighted by Gasteiger charge is -2.14. The minimum Gasteiger partial charge on any atom is -0.508 e. The smallest absolute Gasteiger partial charge is 0.305 e. The van der Waals surface area contributed by atoms with Crippen LogP contribution in [0.1, 0.15) is 28.4 Å². The molecule has 23 heavy (non-hydrogen) atoms. The molecule has 0 fully saturated rings. The van der Waals surface area contributed by atoms with Crippen LogP contribution in [0.25, 0.3) is 0 Å². The van der Waals surface area contributed by atoms with Crippen molar-refractivity contribution in [2.75, 3.05) is 7.05 Å². The molecule has 0 bridgehead atoms. The van der Waals surface area contributed by atoms with E-state index in [0.717, 1.165) is 5.56 Å². The summed E-state index contributed by atoms with van der Waals surface area (Å²) >= 11 is 0. The van der Waals surface area contributed by atoms with Gasteiger partial charge in [0.05, 0.1) is 6.42 Å². The van der Waals surface area contributed by atoms with Gasteiger partial charge >= 0.3 is 5.97 Å². The lowest BCUT2D eigenvalue weighted by molar-refractivity contribution is -0.137. The predicted molar refractivity (Wildman–Crippen MR) is 85.7 cm³/mol. The number of nitrogens with one attached hydrogen (secondary N) is 1. The number of rotatable bonds is 5. The van der Waals surface area contributed by atoms with Gasteiger partial charge in [-0.2, -0.15) is 0 Å². The Labute approximate surface area is 134 Å². The fraction of sp³-hybridized carbons (Fsp3) is 0.176. The molecule has 0 radical (unpaired) electrons. The zero-order valence-corrected chi connectivity index (χ0v) is 12.6. The van der Waals surface area contributed by atoms with Gasteiger partial charge in [-0.05, 0) is 36.9 Å². The van der Waals surface area contributed by atoms with Crippen LogP contribution < -0.4 is 5.32 Å². The molecular formula is C17H19NO5. The van der Waals surface area contributed by atoms with E-state index in [4.69, 9.17) is 10.2 Å². The number of phenolic OH excluding ortho intramolecular Hbond substituents is 2. The Bertz CT molecular complexity index is 657. The summed E-state index contributed by atoms with van der Waals surface area (Å²) in [5.41, 5.74) is 1.27. The van der Waals surface area contributed by atoms with Gasteiger partial charge in [-0.1, -0.05) is 24.3 Å². The first-order valence-electron chi connectivity index (χ1n) is 6.88. The fourth-order valence-electron chi connectivity index (χ4n) is 1.90. The molecule has 0 aromatic heterocycles. The van der Waals surface area contributed by atoms with E-state index in [1.165, 1.54) is 12.1 Å². The van der Waals surface area contributed by atoms with Crippen LogP contribution in [-0.2, 0) is 4.79 Å². The number of hydrogen-bond acceptors (Lipinski definition) is 5. The molecule has 1 unspecified atom stereocenters. The number of carboxylic acids is 1. The van der Waals surface area contributed by atoms with Crippen LogP contribution >= 0.6 is 0 Å². The van der Waals surface area contributed by atoms with E-state index in [1.807, 2.05) is 0 Å². The number of aliphatic carboxylic acids is 1. The molecule has 0 amide bonds. The highest BCUT2D eigenvalue weighted by Crippen LogP contribution is 2.20. The number of carboxylic acid groups (broad SMARTS) is 1. The summed E-state index contributed by atoms with van der Waals surface area (Å²) in [4.78, 5) is 20.6. The maximum atomic E-state index is 10.5. The maximum absolute atomic E-state index is 10.5. The second kappa shape index (κ2) is 9.22. The first kappa shape index (κ1) is 18.2. The Morgan fingerprint density at radius 2 is 1.74 bits per heavy atom. The number of benzene rings is 2. The van der Waals surface area contributed by atoms with Crippen molar-refractivity contribution < 1.29 is 24.9 Å². The lowest BCUT2D eigenvalue weighted by atomic mass is 10.0. The third-order valence-corrected chi connectivity index (χ3v) is 3.01. The molecule has 0 aliphatic carbocycles. The highest BCUT2D eigenvalue weighted by Gasteiger charge is 2.13. The molecule has 2 rings (SSSR count). The summed E-state index contributed by atoms with van der Waals surface area (Å²) in [5, 5.41) is 29.5. The second-order valence-electron chi connectivity index (χ2n) is 4.75. The first-order valence-corrected chi connectivity index (χ1v) is 6.88. The molecule has 0 heterocycles. The topological polar surface area (TPSA) is 107 Å². The number of hydrogen-bond donors (Lipinski definition) is 4. The molecule has 122 valence electrons. The SMILES string of the molecule is CNC(CC(=O)O)c1cccc(O)c1.O=Cc1cccc(O)c1. The summed E-state index contributed by atoms with van der Waals surface area (Å²) in [7, 11) is 1.69. The van der Waals surface area contributed by atoms with E-state index in [9.17, 15) is 14.7 Å². The average molecular weight is 317 g/mol. The van der Waals surface area contributed by atoms with E-state index in [0.29, 0.717) is 11.8 Å². The third kappa shape index (κ3) is 6.62. The Morgan fingerprint density at radius 1 is 1.13 bits per heavy atom.